The van der Waals surface area contributed by atoms with Gasteiger partial charge in [-0.15, -0.1) is 0 Å². The molecule has 3 amide bonds. The maximum absolute atomic E-state index is 13.2. The van der Waals surface area contributed by atoms with Crippen LogP contribution in [0, 0.1) is 0 Å². The lowest BCUT2D eigenvalue weighted by molar-refractivity contribution is -0.138. The Morgan fingerprint density at radius 3 is 2.32 bits per heavy atom. The molecule has 0 spiro atoms. The largest absolute Gasteiger partial charge is 0.480 e. The molecule has 200 valence electrons. The van der Waals surface area contributed by atoms with E-state index in [0.29, 0.717) is 12.1 Å². The third kappa shape index (κ3) is 10.8. The Balaban J connectivity index is 2.12. The van der Waals surface area contributed by atoms with E-state index >= 15 is 0 Å². The van der Waals surface area contributed by atoms with Crippen molar-refractivity contribution in [2.24, 2.45) is 22.2 Å². The van der Waals surface area contributed by atoms with Crippen molar-refractivity contribution in [3.63, 3.8) is 0 Å². The van der Waals surface area contributed by atoms with Crippen LogP contribution in [0.1, 0.15) is 24.1 Å². The molecule has 3 unspecified atom stereocenters. The van der Waals surface area contributed by atoms with E-state index in [1.54, 1.807) is 0 Å². The van der Waals surface area contributed by atoms with Crippen LogP contribution in [-0.4, -0.2) is 75.9 Å². The molecule has 14 heteroatoms. The summed E-state index contributed by atoms with van der Waals surface area (Å²) in [6, 6.07) is 6.07. The molecule has 0 aliphatic carbocycles. The van der Waals surface area contributed by atoms with Crippen molar-refractivity contribution < 1.29 is 24.3 Å². The molecule has 0 aliphatic heterocycles. The Labute approximate surface area is 213 Å². The van der Waals surface area contributed by atoms with Gasteiger partial charge in [0.1, 0.15) is 18.6 Å². The number of carbonyl (C=O) groups is 4. The predicted octanol–water partition coefficient (Wildman–Crippen LogP) is -2.25. The second-order valence-corrected chi connectivity index (χ2v) is 8.26. The zero-order valence-electron chi connectivity index (χ0n) is 20.2. The highest BCUT2D eigenvalue weighted by Gasteiger charge is 2.29. The summed E-state index contributed by atoms with van der Waals surface area (Å²) >= 11 is 0. The molecule has 37 heavy (non-hydrogen) atoms. The molecular weight excluding hydrogens is 482 g/mol. The van der Waals surface area contributed by atoms with Crippen molar-refractivity contribution in [3.8, 4) is 0 Å². The number of nitrogens with two attached hydrogens (primary N) is 3. The third-order valence-electron chi connectivity index (χ3n) is 5.24. The van der Waals surface area contributed by atoms with Gasteiger partial charge in [-0.05, 0) is 24.8 Å². The molecule has 1 aromatic carbocycles. The highest BCUT2D eigenvalue weighted by molar-refractivity contribution is 5.93. The molecule has 2 rings (SSSR count). The van der Waals surface area contributed by atoms with Gasteiger partial charge in [0.2, 0.25) is 17.7 Å². The van der Waals surface area contributed by atoms with Gasteiger partial charge in [-0.1, -0.05) is 30.3 Å². The number of hydrogen-bond donors (Lipinski definition) is 8. The number of aliphatic carboxylic acids is 1. The first-order valence-corrected chi connectivity index (χ1v) is 11.6. The Hall–Kier alpha value is -4.46. The number of guanidine groups is 1. The molecule has 1 aromatic heterocycles. The Bertz CT molecular complexity index is 1060. The number of carboxylic acids is 1. The van der Waals surface area contributed by atoms with Crippen LogP contribution >= 0.6 is 0 Å². The van der Waals surface area contributed by atoms with Gasteiger partial charge in [0.25, 0.3) is 0 Å². The maximum atomic E-state index is 13.2. The number of hydrogen-bond acceptors (Lipinski definition) is 7. The molecule has 14 nitrogen and oxygen atoms in total. The van der Waals surface area contributed by atoms with Gasteiger partial charge in [-0.25, -0.2) is 4.98 Å². The Morgan fingerprint density at radius 1 is 1.00 bits per heavy atom. The number of imidazole rings is 1. The Morgan fingerprint density at radius 2 is 1.70 bits per heavy atom. The molecular formula is C23H33N9O5. The van der Waals surface area contributed by atoms with E-state index in [4.69, 9.17) is 22.3 Å². The number of aromatic nitrogens is 2. The second-order valence-electron chi connectivity index (χ2n) is 8.26. The van der Waals surface area contributed by atoms with Crippen molar-refractivity contribution in [1.29, 1.82) is 0 Å². The van der Waals surface area contributed by atoms with Crippen molar-refractivity contribution >= 4 is 29.7 Å². The fourth-order valence-corrected chi connectivity index (χ4v) is 3.40. The SMILES string of the molecule is NC(N)=NCCCC(NC(=O)C(Cc1cnc[nH]1)NC(=O)C(N)Cc1ccccc1)C(=O)NCC(=O)O. The molecule has 0 radical (unpaired) electrons. The Kier molecular flexibility index (Phi) is 11.5. The smallest absolute Gasteiger partial charge is 0.322 e. The summed E-state index contributed by atoms with van der Waals surface area (Å²) < 4.78 is 0. The van der Waals surface area contributed by atoms with Gasteiger partial charge in [-0.2, -0.15) is 0 Å². The number of H-pyrrole nitrogens is 1. The fraction of sp³-hybridized carbons (Fsp3) is 0.391. The molecule has 11 N–H and O–H groups in total. The van der Waals surface area contributed by atoms with E-state index in [2.05, 4.69) is 30.9 Å². The lowest BCUT2D eigenvalue weighted by Gasteiger charge is -2.24. The highest BCUT2D eigenvalue weighted by Crippen LogP contribution is 2.06. The number of rotatable bonds is 15. The normalized spacial score (nSPS) is 13.0. The summed E-state index contributed by atoms with van der Waals surface area (Å²) in [5.41, 5.74) is 18.1. The summed E-state index contributed by atoms with van der Waals surface area (Å²) in [5, 5.41) is 16.4. The van der Waals surface area contributed by atoms with E-state index < -0.39 is 48.4 Å². The van der Waals surface area contributed by atoms with E-state index in [-0.39, 0.29) is 31.8 Å². The van der Waals surface area contributed by atoms with Crippen LogP contribution in [0.3, 0.4) is 0 Å². The first-order chi connectivity index (χ1) is 17.7. The van der Waals surface area contributed by atoms with Crippen LogP contribution in [0.15, 0.2) is 47.8 Å². The fourth-order valence-electron chi connectivity index (χ4n) is 3.40. The summed E-state index contributed by atoms with van der Waals surface area (Å²) in [7, 11) is 0. The van der Waals surface area contributed by atoms with E-state index in [9.17, 15) is 19.2 Å². The molecule has 0 saturated carbocycles. The molecule has 0 fully saturated rings. The van der Waals surface area contributed by atoms with Gasteiger partial charge in [0, 0.05) is 24.9 Å². The quantitative estimate of drug-likeness (QED) is 0.0724. The molecule has 0 saturated heterocycles. The van der Waals surface area contributed by atoms with E-state index in [0.717, 1.165) is 5.56 Å². The van der Waals surface area contributed by atoms with E-state index in [1.807, 2.05) is 30.3 Å². The minimum Gasteiger partial charge on any atom is -0.480 e. The van der Waals surface area contributed by atoms with E-state index in [1.165, 1.54) is 12.5 Å². The molecule has 3 atom stereocenters. The van der Waals surface area contributed by atoms with Gasteiger partial charge in [0.05, 0.1) is 12.4 Å². The summed E-state index contributed by atoms with van der Waals surface area (Å²) in [4.78, 5) is 60.1. The third-order valence-corrected chi connectivity index (χ3v) is 5.24. The minimum absolute atomic E-state index is 0.0487. The first kappa shape index (κ1) is 28.8. The number of aliphatic imine (C=N–C) groups is 1. The zero-order valence-corrected chi connectivity index (χ0v) is 20.2. The monoisotopic (exact) mass is 515 g/mol. The molecule has 2 aromatic rings. The molecule has 0 aliphatic rings. The number of carboxylic acid groups (broad SMARTS) is 1. The van der Waals surface area contributed by atoms with Crippen molar-refractivity contribution in [1.82, 2.24) is 25.9 Å². The van der Waals surface area contributed by atoms with Crippen LogP contribution in [0.2, 0.25) is 0 Å². The lowest BCUT2D eigenvalue weighted by atomic mass is 10.0. The van der Waals surface area contributed by atoms with Crippen molar-refractivity contribution in [2.75, 3.05) is 13.1 Å². The van der Waals surface area contributed by atoms with Crippen molar-refractivity contribution in [3.05, 3.63) is 54.1 Å². The van der Waals surface area contributed by atoms with Gasteiger partial charge in [-0.3, -0.25) is 24.2 Å². The number of aromatic amines is 1. The van der Waals surface area contributed by atoms with Crippen LogP contribution < -0.4 is 33.2 Å². The number of nitrogens with one attached hydrogen (secondary N) is 4. The highest BCUT2D eigenvalue weighted by atomic mass is 16.4. The van der Waals surface area contributed by atoms with Crippen molar-refractivity contribution in [2.45, 2.75) is 43.8 Å². The molecule has 1 heterocycles. The van der Waals surface area contributed by atoms with Crippen LogP contribution in [-0.2, 0) is 32.0 Å². The standard InChI is InChI=1S/C23H33N9O5/c24-16(9-14-5-2-1-3-6-14)20(35)32-18(10-15-11-27-13-30-15)22(37)31-17(7-4-8-28-23(25)26)21(36)29-12-19(33)34/h1-3,5-6,11,13,16-18H,4,7-10,12,24H2,(H,27,30)(H,29,36)(H,31,37)(H,32,35)(H,33,34)(H4,25,26,28). The minimum atomic E-state index is -1.24. The maximum Gasteiger partial charge on any atom is 0.322 e. The van der Waals surface area contributed by atoms with Gasteiger partial charge >= 0.3 is 5.97 Å². The number of benzene rings is 1. The van der Waals surface area contributed by atoms with Gasteiger partial charge in [0.15, 0.2) is 5.96 Å². The number of nitrogens with zero attached hydrogens (tertiary/aromatic N) is 2. The predicted molar refractivity (Wildman–Crippen MR) is 135 cm³/mol. The first-order valence-electron chi connectivity index (χ1n) is 11.6. The van der Waals surface area contributed by atoms with Crippen LogP contribution in [0.4, 0.5) is 0 Å². The summed E-state index contributed by atoms with van der Waals surface area (Å²) in [6.07, 6.45) is 3.68. The van der Waals surface area contributed by atoms with Crippen LogP contribution in [0.25, 0.3) is 0 Å². The number of carbonyl (C=O) groups excluding carboxylic acids is 3. The summed E-state index contributed by atoms with van der Waals surface area (Å²) in [6.45, 7) is -0.425. The topological polar surface area (TPSA) is 244 Å². The lowest BCUT2D eigenvalue weighted by Crippen LogP contribution is -2.57. The average molecular weight is 516 g/mol. The number of amides is 3. The van der Waals surface area contributed by atoms with Gasteiger partial charge < -0.3 is 43.2 Å². The second kappa shape index (κ2) is 14.8. The summed E-state index contributed by atoms with van der Waals surface area (Å²) in [5.74, 6) is -3.27. The van der Waals surface area contributed by atoms with Crippen LogP contribution in [0.5, 0.6) is 0 Å². The average Bonchev–Trinajstić information content (AvgIpc) is 3.37. The zero-order chi connectivity index (χ0) is 27.2. The molecule has 0 bridgehead atoms.